The summed E-state index contributed by atoms with van der Waals surface area (Å²) in [6.45, 7) is 5.51. The number of alkyl halides is 1. The molecule has 1 saturated heterocycles. The van der Waals surface area contributed by atoms with E-state index in [-0.39, 0.29) is 12.3 Å². The summed E-state index contributed by atoms with van der Waals surface area (Å²) in [6.07, 6.45) is 1.22. The van der Waals surface area contributed by atoms with Crippen LogP contribution in [0.1, 0.15) is 39.8 Å². The van der Waals surface area contributed by atoms with Gasteiger partial charge in [0.05, 0.1) is 13.7 Å². The van der Waals surface area contributed by atoms with Crippen molar-refractivity contribution < 1.29 is 22.7 Å². The summed E-state index contributed by atoms with van der Waals surface area (Å²) in [6, 6.07) is 6.15. The zero-order valence-electron chi connectivity index (χ0n) is 18.0. The van der Waals surface area contributed by atoms with Gasteiger partial charge in [-0.3, -0.25) is 4.79 Å². The number of carbonyl (C=O) groups excluding carboxylic acids is 1. The van der Waals surface area contributed by atoms with Gasteiger partial charge in [0.15, 0.2) is 11.6 Å². The van der Waals surface area contributed by atoms with Gasteiger partial charge in [0.1, 0.15) is 0 Å². The summed E-state index contributed by atoms with van der Waals surface area (Å²) < 4.78 is 48.6. The van der Waals surface area contributed by atoms with Gasteiger partial charge in [0, 0.05) is 48.7 Å². The largest absolute Gasteiger partial charge is 0.494 e. The van der Waals surface area contributed by atoms with Gasteiger partial charge in [0.25, 0.3) is 5.91 Å². The van der Waals surface area contributed by atoms with Crippen LogP contribution in [0.2, 0.25) is 0 Å². The number of aryl methyl sites for hydroxylation is 1. The van der Waals surface area contributed by atoms with Crippen LogP contribution >= 0.6 is 0 Å². The highest BCUT2D eigenvalue weighted by atomic mass is 19.2. The maximum atomic E-state index is 15.3. The molecular weight excluding hydrogens is 419 g/mol. The first-order chi connectivity index (χ1) is 15.4. The lowest BCUT2D eigenvalue weighted by Crippen LogP contribution is -2.43. The van der Waals surface area contributed by atoms with Gasteiger partial charge in [-0.15, -0.1) is 0 Å². The molecule has 3 aliphatic heterocycles. The minimum atomic E-state index is -2.11. The maximum absolute atomic E-state index is 15.3. The Bertz CT molecular complexity index is 1130. The van der Waals surface area contributed by atoms with Crippen LogP contribution in [0.3, 0.4) is 0 Å². The molecule has 32 heavy (non-hydrogen) atoms. The topological polar surface area (TPSA) is 36.0 Å². The van der Waals surface area contributed by atoms with Gasteiger partial charge < -0.3 is 19.4 Å². The second-order valence-corrected chi connectivity index (χ2v) is 8.44. The third-order valence-electron chi connectivity index (χ3n) is 6.59. The van der Waals surface area contributed by atoms with E-state index in [2.05, 4.69) is 15.9 Å². The van der Waals surface area contributed by atoms with Gasteiger partial charge in [-0.05, 0) is 48.7 Å². The van der Waals surface area contributed by atoms with Crippen molar-refractivity contribution in [3.05, 3.63) is 69.9 Å². The molecule has 0 spiro atoms. The molecule has 1 amide bonds. The SMILES string of the molecule is COc1ccc(C(F)N2Cc3cc(N4CCN5CCC=C5C4)cc(C)c3C2=O)c(F)c1F. The first-order valence-electron chi connectivity index (χ1n) is 10.7. The molecule has 1 unspecified atom stereocenters. The Hall–Kier alpha value is -3.16. The van der Waals surface area contributed by atoms with Crippen molar-refractivity contribution in [3.8, 4) is 5.75 Å². The van der Waals surface area contributed by atoms with E-state index in [0.29, 0.717) is 11.1 Å². The molecule has 0 N–H and O–H groups in total. The van der Waals surface area contributed by atoms with Crippen molar-refractivity contribution in [2.45, 2.75) is 26.2 Å². The minimum Gasteiger partial charge on any atom is -0.494 e. The van der Waals surface area contributed by atoms with Gasteiger partial charge >= 0.3 is 0 Å². The van der Waals surface area contributed by atoms with Crippen molar-refractivity contribution in [2.24, 2.45) is 0 Å². The fraction of sp³-hybridized carbons (Fsp3) is 0.375. The van der Waals surface area contributed by atoms with E-state index in [4.69, 9.17) is 4.74 Å². The number of carbonyl (C=O) groups is 1. The number of benzene rings is 2. The van der Waals surface area contributed by atoms with Crippen molar-refractivity contribution in [3.63, 3.8) is 0 Å². The van der Waals surface area contributed by atoms with E-state index in [1.165, 1.54) is 12.8 Å². The van der Waals surface area contributed by atoms with E-state index >= 15 is 4.39 Å². The normalized spacial score (nSPS) is 18.6. The second kappa shape index (κ2) is 7.76. The first-order valence-corrected chi connectivity index (χ1v) is 10.7. The molecule has 5 rings (SSSR count). The quantitative estimate of drug-likeness (QED) is 0.660. The van der Waals surface area contributed by atoms with Crippen molar-refractivity contribution >= 4 is 11.6 Å². The Balaban J connectivity index is 1.42. The molecule has 168 valence electrons. The summed E-state index contributed by atoms with van der Waals surface area (Å²) >= 11 is 0. The molecular formula is C24H24F3N3O2. The molecule has 1 fully saturated rings. The van der Waals surface area contributed by atoms with E-state index in [1.54, 1.807) is 0 Å². The molecule has 0 aliphatic carbocycles. The van der Waals surface area contributed by atoms with Crippen LogP contribution in [0, 0.1) is 18.6 Å². The fourth-order valence-electron chi connectivity index (χ4n) is 4.91. The molecule has 0 radical (unpaired) electrons. The molecule has 8 heteroatoms. The Morgan fingerprint density at radius 1 is 1.03 bits per heavy atom. The highest BCUT2D eigenvalue weighted by Crippen LogP contribution is 2.38. The third-order valence-corrected chi connectivity index (χ3v) is 6.59. The number of rotatable bonds is 4. The van der Waals surface area contributed by atoms with Gasteiger partial charge in [-0.25, -0.2) is 8.78 Å². The molecule has 0 bridgehead atoms. The van der Waals surface area contributed by atoms with Gasteiger partial charge in [0.2, 0.25) is 12.1 Å². The van der Waals surface area contributed by atoms with Crippen LogP contribution in [-0.4, -0.2) is 49.0 Å². The number of methoxy groups -OCH3 is 1. The first kappa shape index (κ1) is 20.7. The molecule has 1 atom stereocenters. The maximum Gasteiger partial charge on any atom is 0.257 e. The lowest BCUT2D eigenvalue weighted by atomic mass is 10.0. The van der Waals surface area contributed by atoms with Crippen LogP contribution in [-0.2, 0) is 6.54 Å². The summed E-state index contributed by atoms with van der Waals surface area (Å²) in [5.41, 5.74) is 3.66. The Morgan fingerprint density at radius 2 is 1.81 bits per heavy atom. The lowest BCUT2D eigenvalue weighted by Gasteiger charge is -2.37. The van der Waals surface area contributed by atoms with Crippen molar-refractivity contribution in [1.29, 1.82) is 0 Å². The number of anilines is 1. The predicted molar refractivity (Wildman–Crippen MR) is 114 cm³/mol. The predicted octanol–water partition coefficient (Wildman–Crippen LogP) is 4.32. The Labute approximate surface area is 184 Å². The molecule has 2 aromatic carbocycles. The summed E-state index contributed by atoms with van der Waals surface area (Å²) in [7, 11) is 1.20. The van der Waals surface area contributed by atoms with Crippen LogP contribution in [0.25, 0.3) is 0 Å². The van der Waals surface area contributed by atoms with Crippen LogP contribution in [0.4, 0.5) is 18.9 Å². The molecule has 0 aromatic heterocycles. The van der Waals surface area contributed by atoms with Gasteiger partial charge in [-0.1, -0.05) is 6.08 Å². The van der Waals surface area contributed by atoms with Gasteiger partial charge in [-0.2, -0.15) is 4.39 Å². The number of hydrogen-bond donors (Lipinski definition) is 0. The summed E-state index contributed by atoms with van der Waals surface area (Å²) in [4.78, 5) is 18.6. The number of hydrogen-bond acceptors (Lipinski definition) is 4. The van der Waals surface area contributed by atoms with Crippen LogP contribution < -0.4 is 9.64 Å². The Morgan fingerprint density at radius 3 is 2.59 bits per heavy atom. The number of fused-ring (bicyclic) bond motifs is 2. The average molecular weight is 443 g/mol. The number of amides is 1. The zero-order chi connectivity index (χ0) is 22.6. The van der Waals surface area contributed by atoms with E-state index in [9.17, 15) is 13.6 Å². The molecule has 3 aliphatic rings. The van der Waals surface area contributed by atoms with E-state index in [1.807, 2.05) is 19.1 Å². The molecule has 3 heterocycles. The minimum absolute atomic E-state index is 0.000235. The third kappa shape index (κ3) is 3.20. The van der Waals surface area contributed by atoms with E-state index < -0.39 is 29.4 Å². The second-order valence-electron chi connectivity index (χ2n) is 8.44. The monoisotopic (exact) mass is 443 g/mol. The molecule has 2 aromatic rings. The number of nitrogens with zero attached hydrogens (tertiary/aromatic N) is 3. The highest BCUT2D eigenvalue weighted by molar-refractivity contribution is 6.00. The highest BCUT2D eigenvalue weighted by Gasteiger charge is 2.37. The van der Waals surface area contributed by atoms with Crippen molar-refractivity contribution in [1.82, 2.24) is 9.80 Å². The number of ether oxygens (including phenoxy) is 1. The number of halogens is 3. The number of piperazine rings is 1. The van der Waals surface area contributed by atoms with Crippen molar-refractivity contribution in [2.75, 3.05) is 38.2 Å². The van der Waals surface area contributed by atoms with Crippen LogP contribution in [0.5, 0.6) is 5.75 Å². The zero-order valence-corrected chi connectivity index (χ0v) is 18.0. The lowest BCUT2D eigenvalue weighted by molar-refractivity contribution is 0.0469. The van der Waals surface area contributed by atoms with E-state index in [0.717, 1.165) is 60.9 Å². The smallest absolute Gasteiger partial charge is 0.257 e. The molecule has 0 saturated carbocycles. The Kier molecular flexibility index (Phi) is 5.03. The standard InChI is InChI=1S/C24H24F3N3O2/c1-14-10-17(29-9-8-28-7-3-4-16(28)13-29)11-15-12-30(24(31)20(14)15)23(27)18-5-6-19(32-2)22(26)21(18)25/h4-6,10-11,23H,3,7-9,12-13H2,1-2H3. The molecule has 5 nitrogen and oxygen atoms in total. The summed E-state index contributed by atoms with van der Waals surface area (Å²) in [5, 5.41) is 0. The summed E-state index contributed by atoms with van der Waals surface area (Å²) in [5.74, 6) is -3.45. The average Bonchev–Trinajstić information content (AvgIpc) is 3.39. The van der Waals surface area contributed by atoms with Crippen LogP contribution in [0.15, 0.2) is 36.0 Å². The fourth-order valence-corrected chi connectivity index (χ4v) is 4.91.